The van der Waals surface area contributed by atoms with Crippen LogP contribution in [0.15, 0.2) is 39.9 Å². The van der Waals surface area contributed by atoms with E-state index in [2.05, 4.69) is 4.72 Å². The van der Waals surface area contributed by atoms with E-state index in [4.69, 9.17) is 5.11 Å². The second kappa shape index (κ2) is 6.49. The smallest absolute Gasteiger partial charge is 0.308 e. The Morgan fingerprint density at radius 2 is 1.96 bits per heavy atom. The first kappa shape index (κ1) is 17.4. The number of nitrogens with one attached hydrogen (secondary N) is 1. The first-order valence-electron chi connectivity index (χ1n) is 7.47. The third kappa shape index (κ3) is 3.52. The fourth-order valence-electron chi connectivity index (χ4n) is 2.60. The Bertz CT molecular complexity index is 918. The number of sulfonamides is 1. The number of nitrogens with zero attached hydrogens (tertiary/aromatic N) is 1. The van der Waals surface area contributed by atoms with Gasteiger partial charge in [0.05, 0.1) is 16.5 Å². The van der Waals surface area contributed by atoms with Crippen LogP contribution in [-0.4, -0.2) is 31.9 Å². The standard InChI is InChI=1S/C16H16N2O5S2/c1-10-8-24-9-14(10)17-25(22,23)13-4-2-12(3-5-13)18-7-11(16(20)21)6-15(18)19/h2-5,8-9,11,17H,6-7H2,1H3,(H,20,21). The molecule has 1 fully saturated rings. The minimum atomic E-state index is -3.72. The Morgan fingerprint density at radius 1 is 1.28 bits per heavy atom. The highest BCUT2D eigenvalue weighted by Gasteiger charge is 2.35. The van der Waals surface area contributed by atoms with Crippen LogP contribution >= 0.6 is 11.3 Å². The van der Waals surface area contributed by atoms with Gasteiger partial charge in [-0.1, -0.05) is 0 Å². The molecule has 0 radical (unpaired) electrons. The van der Waals surface area contributed by atoms with Crippen LogP contribution < -0.4 is 9.62 Å². The van der Waals surface area contributed by atoms with Crippen molar-refractivity contribution in [1.82, 2.24) is 0 Å². The molecule has 7 nitrogen and oxygen atoms in total. The fourth-order valence-corrected chi connectivity index (χ4v) is 4.57. The van der Waals surface area contributed by atoms with Crippen molar-refractivity contribution in [1.29, 1.82) is 0 Å². The number of amides is 1. The van der Waals surface area contributed by atoms with Crippen LogP contribution in [0.1, 0.15) is 12.0 Å². The number of aliphatic carboxylic acids is 1. The van der Waals surface area contributed by atoms with Crippen LogP contribution in [-0.2, 0) is 19.6 Å². The number of carboxylic acids is 1. The van der Waals surface area contributed by atoms with Crippen molar-refractivity contribution < 1.29 is 23.1 Å². The molecule has 0 aliphatic carbocycles. The molecule has 1 aromatic carbocycles. The van der Waals surface area contributed by atoms with Crippen molar-refractivity contribution in [3.05, 3.63) is 40.6 Å². The molecule has 2 N–H and O–H groups in total. The van der Waals surface area contributed by atoms with Gasteiger partial charge in [0.2, 0.25) is 5.91 Å². The van der Waals surface area contributed by atoms with E-state index in [0.717, 1.165) is 5.56 Å². The summed E-state index contributed by atoms with van der Waals surface area (Å²) in [6.45, 7) is 1.90. The number of hydrogen-bond donors (Lipinski definition) is 2. The summed E-state index contributed by atoms with van der Waals surface area (Å²) in [4.78, 5) is 24.4. The van der Waals surface area contributed by atoms with E-state index in [9.17, 15) is 18.0 Å². The lowest BCUT2D eigenvalue weighted by Crippen LogP contribution is -2.25. The predicted molar refractivity (Wildman–Crippen MR) is 94.4 cm³/mol. The number of aryl methyl sites for hydroxylation is 1. The Balaban J connectivity index is 1.79. The zero-order chi connectivity index (χ0) is 18.2. The van der Waals surface area contributed by atoms with Crippen LogP contribution in [0.5, 0.6) is 0 Å². The van der Waals surface area contributed by atoms with Gasteiger partial charge in [0.15, 0.2) is 0 Å². The molecule has 1 saturated heterocycles. The number of carbonyl (C=O) groups is 2. The summed E-state index contributed by atoms with van der Waals surface area (Å²) in [7, 11) is -3.72. The second-order valence-electron chi connectivity index (χ2n) is 5.81. The molecule has 0 bridgehead atoms. The number of carbonyl (C=O) groups excluding carboxylic acids is 1. The van der Waals surface area contributed by atoms with Gasteiger partial charge in [-0.3, -0.25) is 14.3 Å². The molecule has 1 aromatic heterocycles. The monoisotopic (exact) mass is 380 g/mol. The van der Waals surface area contributed by atoms with Gasteiger partial charge in [-0.15, -0.1) is 11.3 Å². The maximum Gasteiger partial charge on any atom is 0.308 e. The molecule has 1 aliphatic heterocycles. The van der Waals surface area contributed by atoms with E-state index in [1.165, 1.54) is 40.5 Å². The average Bonchev–Trinajstić information content (AvgIpc) is 3.13. The van der Waals surface area contributed by atoms with Crippen molar-refractivity contribution in [2.75, 3.05) is 16.2 Å². The van der Waals surface area contributed by atoms with E-state index in [1.807, 2.05) is 12.3 Å². The summed E-state index contributed by atoms with van der Waals surface area (Å²) in [5, 5.41) is 12.6. The highest BCUT2D eigenvalue weighted by molar-refractivity contribution is 7.92. The molecule has 2 heterocycles. The molecule has 9 heteroatoms. The zero-order valence-corrected chi connectivity index (χ0v) is 14.9. The quantitative estimate of drug-likeness (QED) is 0.828. The summed E-state index contributed by atoms with van der Waals surface area (Å²) in [5.74, 6) is -2.03. The minimum absolute atomic E-state index is 0.0473. The predicted octanol–water partition coefficient (Wildman–Crippen LogP) is 2.29. The van der Waals surface area contributed by atoms with Crippen LogP contribution in [0.2, 0.25) is 0 Å². The number of benzene rings is 1. The molecule has 3 rings (SSSR count). The number of rotatable bonds is 5. The summed E-state index contributed by atoms with van der Waals surface area (Å²) < 4.78 is 27.4. The van der Waals surface area contributed by atoms with E-state index >= 15 is 0 Å². The van der Waals surface area contributed by atoms with Gasteiger partial charge < -0.3 is 10.0 Å². The van der Waals surface area contributed by atoms with E-state index < -0.39 is 21.9 Å². The number of thiophene rings is 1. The summed E-state index contributed by atoms with van der Waals surface area (Å²) in [5.41, 5.74) is 1.86. The Hall–Kier alpha value is -2.39. The molecular weight excluding hydrogens is 364 g/mol. The SMILES string of the molecule is Cc1cscc1NS(=O)(=O)c1ccc(N2CC(C(=O)O)CC2=O)cc1. The minimum Gasteiger partial charge on any atom is -0.481 e. The molecule has 1 unspecified atom stereocenters. The van der Waals surface area contributed by atoms with Crippen LogP contribution in [0.25, 0.3) is 0 Å². The second-order valence-corrected chi connectivity index (χ2v) is 8.24. The normalized spacial score (nSPS) is 17.7. The summed E-state index contributed by atoms with van der Waals surface area (Å²) in [6, 6.07) is 5.83. The Labute approximate surface area is 149 Å². The van der Waals surface area contributed by atoms with Gasteiger partial charge >= 0.3 is 5.97 Å². The lowest BCUT2D eigenvalue weighted by Gasteiger charge is -2.16. The Kier molecular flexibility index (Phi) is 4.53. The van der Waals surface area contributed by atoms with Crippen molar-refractivity contribution >= 4 is 44.6 Å². The molecule has 0 spiro atoms. The largest absolute Gasteiger partial charge is 0.481 e. The Morgan fingerprint density at radius 3 is 2.48 bits per heavy atom. The lowest BCUT2D eigenvalue weighted by molar-refractivity contribution is -0.141. The number of anilines is 2. The third-order valence-corrected chi connectivity index (χ3v) is 6.28. The van der Waals surface area contributed by atoms with Crippen molar-refractivity contribution in [3.8, 4) is 0 Å². The van der Waals surface area contributed by atoms with Crippen molar-refractivity contribution in [3.63, 3.8) is 0 Å². The van der Waals surface area contributed by atoms with Gasteiger partial charge in [0.1, 0.15) is 0 Å². The van der Waals surface area contributed by atoms with Gasteiger partial charge in [0, 0.05) is 24.0 Å². The summed E-state index contributed by atoms with van der Waals surface area (Å²) >= 11 is 1.40. The fraction of sp³-hybridized carbons (Fsp3) is 0.250. The first-order valence-corrected chi connectivity index (χ1v) is 9.89. The molecule has 2 aromatic rings. The molecule has 25 heavy (non-hydrogen) atoms. The maximum atomic E-state index is 12.4. The van der Waals surface area contributed by atoms with Crippen molar-refractivity contribution in [2.24, 2.45) is 5.92 Å². The van der Waals surface area contributed by atoms with Crippen LogP contribution in [0, 0.1) is 12.8 Å². The first-order chi connectivity index (χ1) is 11.8. The third-order valence-electron chi connectivity index (χ3n) is 4.03. The molecule has 1 amide bonds. The summed E-state index contributed by atoms with van der Waals surface area (Å²) in [6.07, 6.45) is -0.0473. The van der Waals surface area contributed by atoms with Crippen LogP contribution in [0.3, 0.4) is 0 Å². The van der Waals surface area contributed by atoms with E-state index in [0.29, 0.717) is 11.4 Å². The van der Waals surface area contributed by atoms with Gasteiger partial charge in [-0.25, -0.2) is 8.42 Å². The zero-order valence-electron chi connectivity index (χ0n) is 13.3. The average molecular weight is 380 g/mol. The lowest BCUT2D eigenvalue weighted by atomic mass is 10.1. The molecule has 0 saturated carbocycles. The highest BCUT2D eigenvalue weighted by Crippen LogP contribution is 2.28. The molecule has 1 aliphatic rings. The topological polar surface area (TPSA) is 104 Å². The number of hydrogen-bond acceptors (Lipinski definition) is 5. The van der Waals surface area contributed by atoms with Gasteiger partial charge in [0.25, 0.3) is 10.0 Å². The van der Waals surface area contributed by atoms with Crippen LogP contribution in [0.4, 0.5) is 11.4 Å². The van der Waals surface area contributed by atoms with E-state index in [-0.39, 0.29) is 23.8 Å². The molecule has 1 atom stereocenters. The van der Waals surface area contributed by atoms with E-state index in [1.54, 1.807) is 5.38 Å². The van der Waals surface area contributed by atoms with Gasteiger partial charge in [-0.2, -0.15) is 0 Å². The van der Waals surface area contributed by atoms with Gasteiger partial charge in [-0.05, 0) is 42.1 Å². The highest BCUT2D eigenvalue weighted by atomic mass is 32.2. The molecule has 132 valence electrons. The molecular formula is C16H16N2O5S2. The number of carboxylic acid groups (broad SMARTS) is 1. The maximum absolute atomic E-state index is 12.4. The van der Waals surface area contributed by atoms with Crippen molar-refractivity contribution in [2.45, 2.75) is 18.2 Å².